The molecule has 1 aliphatic rings. The van der Waals surface area contributed by atoms with Crippen LogP contribution >= 0.6 is 0 Å². The Morgan fingerprint density at radius 3 is 2.62 bits per heavy atom. The van der Waals surface area contributed by atoms with Gasteiger partial charge in [0.25, 0.3) is 5.91 Å². The van der Waals surface area contributed by atoms with E-state index in [1.54, 1.807) is 6.21 Å². The predicted octanol–water partition coefficient (Wildman–Crippen LogP) is 3.22. The molecular weight excluding hydrogens is 264 g/mol. The van der Waals surface area contributed by atoms with E-state index in [1.807, 2.05) is 12.1 Å². The van der Waals surface area contributed by atoms with Crippen molar-refractivity contribution in [3.05, 3.63) is 35.4 Å². The van der Waals surface area contributed by atoms with Gasteiger partial charge in [-0.05, 0) is 29.9 Å². The lowest BCUT2D eigenvalue weighted by atomic mass is 10.0. The van der Waals surface area contributed by atoms with Crippen LogP contribution in [0.2, 0.25) is 0 Å². The number of carbonyl (C=O) groups excluding carboxylic acids is 1. The molecule has 4 heteroatoms. The van der Waals surface area contributed by atoms with Crippen LogP contribution in [0.5, 0.6) is 0 Å². The summed E-state index contributed by atoms with van der Waals surface area (Å²) in [6.45, 7) is 4.31. The maximum Gasteiger partial charge on any atom is 0.260 e. The lowest BCUT2D eigenvalue weighted by Gasteiger charge is -2.10. The van der Waals surface area contributed by atoms with E-state index in [0.29, 0.717) is 12.0 Å². The molecule has 1 fully saturated rings. The minimum atomic E-state index is -0.0887. The van der Waals surface area contributed by atoms with Crippen molar-refractivity contribution in [3.63, 3.8) is 0 Å². The first-order chi connectivity index (χ1) is 10.1. The molecule has 1 aromatic rings. The second-order valence-electron chi connectivity index (χ2n) is 5.88. The Morgan fingerprint density at radius 1 is 1.33 bits per heavy atom. The molecule has 0 aromatic heterocycles. The summed E-state index contributed by atoms with van der Waals surface area (Å²) in [4.78, 5) is 16.7. The predicted molar refractivity (Wildman–Crippen MR) is 84.5 cm³/mol. The van der Waals surface area contributed by atoms with Crippen molar-refractivity contribution >= 4 is 12.1 Å². The molecule has 2 rings (SSSR count). The van der Waals surface area contributed by atoms with Gasteiger partial charge in [-0.1, -0.05) is 56.1 Å². The van der Waals surface area contributed by atoms with Crippen LogP contribution in [-0.4, -0.2) is 24.8 Å². The fraction of sp³-hybridized carbons (Fsp3) is 0.529. The van der Waals surface area contributed by atoms with E-state index in [1.165, 1.54) is 18.4 Å². The van der Waals surface area contributed by atoms with E-state index < -0.39 is 0 Å². The molecule has 0 heterocycles. The highest BCUT2D eigenvalue weighted by molar-refractivity contribution is 5.80. The molecule has 1 aromatic carbocycles. The van der Waals surface area contributed by atoms with Crippen molar-refractivity contribution in [3.8, 4) is 0 Å². The van der Waals surface area contributed by atoms with Gasteiger partial charge in [0.1, 0.15) is 0 Å². The van der Waals surface area contributed by atoms with E-state index in [0.717, 1.165) is 18.4 Å². The topological polar surface area (TPSA) is 50.7 Å². The SMILES string of the molecule is CC(C)c1ccc(/C=N/OCC(=O)NC2CCCC2)cc1. The van der Waals surface area contributed by atoms with Gasteiger partial charge < -0.3 is 10.2 Å². The molecule has 0 saturated heterocycles. The van der Waals surface area contributed by atoms with Crippen LogP contribution in [-0.2, 0) is 9.63 Å². The molecule has 1 aliphatic carbocycles. The highest BCUT2D eigenvalue weighted by Gasteiger charge is 2.16. The summed E-state index contributed by atoms with van der Waals surface area (Å²) in [6, 6.07) is 8.49. The Kier molecular flexibility index (Phi) is 5.78. The zero-order chi connectivity index (χ0) is 15.1. The average molecular weight is 288 g/mol. The molecular formula is C17H24N2O2. The summed E-state index contributed by atoms with van der Waals surface area (Å²) >= 11 is 0. The van der Waals surface area contributed by atoms with Gasteiger partial charge >= 0.3 is 0 Å². The van der Waals surface area contributed by atoms with E-state index in [2.05, 4.69) is 36.5 Å². The van der Waals surface area contributed by atoms with Gasteiger partial charge in [-0.2, -0.15) is 0 Å². The zero-order valence-corrected chi connectivity index (χ0v) is 12.8. The Bertz CT molecular complexity index is 474. The second-order valence-corrected chi connectivity index (χ2v) is 5.88. The summed E-state index contributed by atoms with van der Waals surface area (Å²) in [5.41, 5.74) is 2.26. The average Bonchev–Trinajstić information content (AvgIpc) is 2.97. The number of hydrogen-bond donors (Lipinski definition) is 1. The van der Waals surface area contributed by atoms with Gasteiger partial charge in [0.05, 0.1) is 6.21 Å². The maximum absolute atomic E-state index is 11.6. The summed E-state index contributed by atoms with van der Waals surface area (Å²) in [5, 5.41) is 6.80. The molecule has 21 heavy (non-hydrogen) atoms. The number of nitrogens with zero attached hydrogens (tertiary/aromatic N) is 1. The highest BCUT2D eigenvalue weighted by atomic mass is 16.6. The Labute approximate surface area is 126 Å². The number of oxime groups is 1. The molecule has 4 nitrogen and oxygen atoms in total. The van der Waals surface area contributed by atoms with Crippen LogP contribution in [0.3, 0.4) is 0 Å². The first kappa shape index (κ1) is 15.5. The fourth-order valence-corrected chi connectivity index (χ4v) is 2.50. The van der Waals surface area contributed by atoms with E-state index >= 15 is 0 Å². The summed E-state index contributed by atoms with van der Waals surface area (Å²) in [6.07, 6.45) is 6.20. The third-order valence-electron chi connectivity index (χ3n) is 3.80. The molecule has 1 amide bonds. The second kappa shape index (κ2) is 7.81. The smallest absolute Gasteiger partial charge is 0.260 e. The zero-order valence-electron chi connectivity index (χ0n) is 12.8. The Morgan fingerprint density at radius 2 is 2.00 bits per heavy atom. The number of hydrogen-bond acceptors (Lipinski definition) is 3. The van der Waals surface area contributed by atoms with Crippen LogP contribution in [0.25, 0.3) is 0 Å². The number of rotatable bonds is 6. The minimum absolute atomic E-state index is 0.0168. The molecule has 0 spiro atoms. The molecule has 1 N–H and O–H groups in total. The van der Waals surface area contributed by atoms with Crippen molar-refractivity contribution in [1.82, 2.24) is 5.32 Å². The largest absolute Gasteiger partial charge is 0.386 e. The number of benzene rings is 1. The lowest BCUT2D eigenvalue weighted by Crippen LogP contribution is -2.34. The van der Waals surface area contributed by atoms with Crippen LogP contribution in [0.1, 0.15) is 56.6 Å². The third-order valence-corrected chi connectivity index (χ3v) is 3.80. The van der Waals surface area contributed by atoms with Gasteiger partial charge in [0.2, 0.25) is 0 Å². The van der Waals surface area contributed by atoms with E-state index in [-0.39, 0.29) is 12.5 Å². The first-order valence-corrected chi connectivity index (χ1v) is 7.70. The van der Waals surface area contributed by atoms with Crippen molar-refractivity contribution in [2.45, 2.75) is 51.5 Å². The maximum atomic E-state index is 11.6. The first-order valence-electron chi connectivity index (χ1n) is 7.70. The number of carbonyl (C=O) groups is 1. The molecule has 1 saturated carbocycles. The van der Waals surface area contributed by atoms with Crippen molar-refractivity contribution in [2.75, 3.05) is 6.61 Å². The lowest BCUT2D eigenvalue weighted by molar-refractivity contribution is -0.126. The fourth-order valence-electron chi connectivity index (χ4n) is 2.50. The standard InChI is InChI=1S/C17H24N2O2/c1-13(2)15-9-7-14(8-10-15)11-18-21-12-17(20)19-16-5-3-4-6-16/h7-11,13,16H,3-6,12H2,1-2H3,(H,19,20)/b18-11+. The molecule has 0 atom stereocenters. The quantitative estimate of drug-likeness (QED) is 0.645. The summed E-state index contributed by atoms with van der Waals surface area (Å²) in [5.74, 6) is 0.431. The minimum Gasteiger partial charge on any atom is -0.386 e. The Balaban J connectivity index is 1.70. The van der Waals surface area contributed by atoms with Gasteiger partial charge in [-0.25, -0.2) is 0 Å². The summed E-state index contributed by atoms with van der Waals surface area (Å²) < 4.78 is 0. The van der Waals surface area contributed by atoms with Crippen LogP contribution in [0.15, 0.2) is 29.4 Å². The van der Waals surface area contributed by atoms with E-state index in [4.69, 9.17) is 4.84 Å². The van der Waals surface area contributed by atoms with Crippen molar-refractivity contribution < 1.29 is 9.63 Å². The molecule has 0 unspecified atom stereocenters. The van der Waals surface area contributed by atoms with Crippen LogP contribution in [0.4, 0.5) is 0 Å². The normalized spacial score (nSPS) is 15.8. The summed E-state index contributed by atoms with van der Waals surface area (Å²) in [7, 11) is 0. The van der Waals surface area contributed by atoms with Crippen molar-refractivity contribution in [2.24, 2.45) is 5.16 Å². The van der Waals surface area contributed by atoms with Crippen molar-refractivity contribution in [1.29, 1.82) is 0 Å². The molecule has 0 radical (unpaired) electrons. The van der Waals surface area contributed by atoms with E-state index in [9.17, 15) is 4.79 Å². The number of amides is 1. The molecule has 0 bridgehead atoms. The Hall–Kier alpha value is -1.84. The third kappa shape index (κ3) is 5.21. The van der Waals surface area contributed by atoms with Gasteiger partial charge in [0, 0.05) is 6.04 Å². The van der Waals surface area contributed by atoms with Crippen LogP contribution in [0, 0.1) is 0 Å². The number of nitrogens with one attached hydrogen (secondary N) is 1. The van der Waals surface area contributed by atoms with Crippen LogP contribution < -0.4 is 5.32 Å². The highest BCUT2D eigenvalue weighted by Crippen LogP contribution is 2.17. The monoisotopic (exact) mass is 288 g/mol. The molecule has 0 aliphatic heterocycles. The molecule has 114 valence electrons. The van der Waals surface area contributed by atoms with Gasteiger partial charge in [-0.15, -0.1) is 0 Å². The van der Waals surface area contributed by atoms with Gasteiger partial charge in [0.15, 0.2) is 6.61 Å². The van der Waals surface area contributed by atoms with Gasteiger partial charge in [-0.3, -0.25) is 4.79 Å².